The lowest BCUT2D eigenvalue weighted by Crippen LogP contribution is -2.43. The number of nitrogens with one attached hydrogen (secondary N) is 2. The first kappa shape index (κ1) is 18.8. The standard InChI is InChI=1S/C20H29N5S/c1-16-22-9-10-25(16)14-18-7-4-6-17(12-18)13-23-19(21-3)24-15-20(2)8-5-11-26-20/h4,6-7,9-10,12H,5,8,11,13-15H2,1-3H3,(H2,21,23,24). The van der Waals surface area contributed by atoms with Gasteiger partial charge >= 0.3 is 0 Å². The van der Waals surface area contributed by atoms with E-state index in [0.717, 1.165) is 31.4 Å². The van der Waals surface area contributed by atoms with Crippen molar-refractivity contribution in [2.24, 2.45) is 4.99 Å². The molecule has 140 valence electrons. The van der Waals surface area contributed by atoms with Crippen LogP contribution in [0.3, 0.4) is 0 Å². The minimum Gasteiger partial charge on any atom is -0.355 e. The van der Waals surface area contributed by atoms with Crippen molar-refractivity contribution in [2.75, 3.05) is 19.3 Å². The van der Waals surface area contributed by atoms with Crippen LogP contribution >= 0.6 is 11.8 Å². The molecule has 1 aromatic carbocycles. The first-order valence-electron chi connectivity index (χ1n) is 9.22. The van der Waals surface area contributed by atoms with Gasteiger partial charge in [-0.15, -0.1) is 0 Å². The van der Waals surface area contributed by atoms with Crippen LogP contribution in [-0.4, -0.2) is 39.6 Å². The van der Waals surface area contributed by atoms with Crippen LogP contribution in [-0.2, 0) is 13.1 Å². The topological polar surface area (TPSA) is 54.2 Å². The number of hydrogen-bond acceptors (Lipinski definition) is 3. The number of rotatable bonds is 6. The van der Waals surface area contributed by atoms with Gasteiger partial charge in [0.25, 0.3) is 0 Å². The second kappa shape index (κ2) is 8.62. The highest BCUT2D eigenvalue weighted by atomic mass is 32.2. The van der Waals surface area contributed by atoms with Gasteiger partial charge in [0.15, 0.2) is 5.96 Å². The number of guanidine groups is 1. The van der Waals surface area contributed by atoms with Gasteiger partial charge in [-0.05, 0) is 43.6 Å². The van der Waals surface area contributed by atoms with Gasteiger partial charge in [0.05, 0.1) is 0 Å². The van der Waals surface area contributed by atoms with Gasteiger partial charge < -0.3 is 15.2 Å². The molecule has 1 aliphatic heterocycles. The zero-order valence-electron chi connectivity index (χ0n) is 16.0. The normalized spacial score (nSPS) is 20.3. The Kier molecular flexibility index (Phi) is 6.25. The molecule has 2 aromatic rings. The van der Waals surface area contributed by atoms with Crippen LogP contribution in [0.5, 0.6) is 0 Å². The molecular weight excluding hydrogens is 342 g/mol. The van der Waals surface area contributed by atoms with Gasteiger partial charge in [0.1, 0.15) is 5.82 Å². The SMILES string of the molecule is CN=C(NCc1cccc(Cn2ccnc2C)c1)NCC1(C)CCCS1. The smallest absolute Gasteiger partial charge is 0.191 e. The van der Waals surface area contributed by atoms with E-state index in [1.54, 1.807) is 0 Å². The summed E-state index contributed by atoms with van der Waals surface area (Å²) in [6.07, 6.45) is 6.46. The van der Waals surface area contributed by atoms with E-state index in [-0.39, 0.29) is 0 Å². The van der Waals surface area contributed by atoms with Crippen molar-refractivity contribution >= 4 is 17.7 Å². The molecular formula is C20H29N5S. The maximum absolute atomic E-state index is 4.36. The number of thioether (sulfide) groups is 1. The quantitative estimate of drug-likeness (QED) is 0.605. The second-order valence-electron chi connectivity index (χ2n) is 7.10. The predicted molar refractivity (Wildman–Crippen MR) is 111 cm³/mol. The number of benzene rings is 1. The summed E-state index contributed by atoms with van der Waals surface area (Å²) in [5.74, 6) is 3.18. The van der Waals surface area contributed by atoms with Crippen molar-refractivity contribution in [1.29, 1.82) is 0 Å². The van der Waals surface area contributed by atoms with E-state index < -0.39 is 0 Å². The van der Waals surface area contributed by atoms with Gasteiger partial charge in [-0.1, -0.05) is 24.3 Å². The molecule has 26 heavy (non-hydrogen) atoms. The molecule has 0 amide bonds. The van der Waals surface area contributed by atoms with Crippen LogP contribution in [0.25, 0.3) is 0 Å². The summed E-state index contributed by atoms with van der Waals surface area (Å²) in [5.41, 5.74) is 2.54. The lowest BCUT2D eigenvalue weighted by Gasteiger charge is -2.24. The largest absolute Gasteiger partial charge is 0.355 e. The van der Waals surface area contributed by atoms with Crippen molar-refractivity contribution in [1.82, 2.24) is 20.2 Å². The molecule has 1 atom stereocenters. The third kappa shape index (κ3) is 5.04. The Balaban J connectivity index is 1.53. The fourth-order valence-electron chi connectivity index (χ4n) is 3.26. The minimum absolute atomic E-state index is 0.334. The molecule has 0 spiro atoms. The van der Waals surface area contributed by atoms with Gasteiger partial charge in [-0.3, -0.25) is 4.99 Å². The zero-order chi connectivity index (χ0) is 18.4. The Bertz CT molecular complexity index is 746. The average Bonchev–Trinajstić information content (AvgIpc) is 3.25. The van der Waals surface area contributed by atoms with E-state index in [0.29, 0.717) is 4.75 Å². The Hall–Kier alpha value is -1.95. The molecule has 2 heterocycles. The third-order valence-electron chi connectivity index (χ3n) is 4.88. The number of aromatic nitrogens is 2. The van der Waals surface area contributed by atoms with Gasteiger partial charge in [-0.25, -0.2) is 4.98 Å². The van der Waals surface area contributed by atoms with Crippen molar-refractivity contribution < 1.29 is 0 Å². The number of aliphatic imine (C=N–C) groups is 1. The molecule has 1 aromatic heterocycles. The van der Waals surface area contributed by atoms with Crippen LogP contribution in [0.15, 0.2) is 41.7 Å². The molecule has 6 heteroatoms. The van der Waals surface area contributed by atoms with Crippen LogP contribution in [0.2, 0.25) is 0 Å². The summed E-state index contributed by atoms with van der Waals surface area (Å²) in [5, 5.41) is 6.92. The molecule has 1 saturated heterocycles. The monoisotopic (exact) mass is 371 g/mol. The van der Waals surface area contributed by atoms with E-state index in [1.807, 2.05) is 26.4 Å². The van der Waals surface area contributed by atoms with Crippen molar-refractivity contribution in [3.63, 3.8) is 0 Å². The minimum atomic E-state index is 0.334. The van der Waals surface area contributed by atoms with Crippen molar-refractivity contribution in [3.05, 3.63) is 53.6 Å². The lowest BCUT2D eigenvalue weighted by atomic mass is 10.1. The van der Waals surface area contributed by atoms with Gasteiger partial charge in [-0.2, -0.15) is 11.8 Å². The molecule has 5 nitrogen and oxygen atoms in total. The van der Waals surface area contributed by atoms with E-state index in [1.165, 1.54) is 29.7 Å². The number of imidazole rings is 1. The molecule has 0 aliphatic carbocycles. The highest BCUT2D eigenvalue weighted by Gasteiger charge is 2.29. The predicted octanol–water partition coefficient (Wildman–Crippen LogP) is 3.19. The number of nitrogens with zero attached hydrogens (tertiary/aromatic N) is 3. The van der Waals surface area contributed by atoms with E-state index >= 15 is 0 Å². The molecule has 0 radical (unpaired) electrons. The average molecular weight is 372 g/mol. The zero-order valence-corrected chi connectivity index (χ0v) is 16.8. The number of hydrogen-bond donors (Lipinski definition) is 2. The van der Waals surface area contributed by atoms with Crippen LogP contribution in [0.4, 0.5) is 0 Å². The third-order valence-corrected chi connectivity index (χ3v) is 6.42. The van der Waals surface area contributed by atoms with Crippen LogP contribution < -0.4 is 10.6 Å². The maximum Gasteiger partial charge on any atom is 0.191 e. The molecule has 1 unspecified atom stereocenters. The second-order valence-corrected chi connectivity index (χ2v) is 8.79. The highest BCUT2D eigenvalue weighted by Crippen LogP contribution is 2.36. The molecule has 1 aliphatic rings. The summed E-state index contributed by atoms with van der Waals surface area (Å²) in [7, 11) is 1.83. The summed E-state index contributed by atoms with van der Waals surface area (Å²) in [4.78, 5) is 8.65. The summed E-state index contributed by atoms with van der Waals surface area (Å²) in [6, 6.07) is 8.67. The molecule has 1 fully saturated rings. The molecule has 0 saturated carbocycles. The fourth-order valence-corrected chi connectivity index (χ4v) is 4.50. The maximum atomic E-state index is 4.36. The highest BCUT2D eigenvalue weighted by molar-refractivity contribution is 8.00. The van der Waals surface area contributed by atoms with Crippen LogP contribution in [0, 0.1) is 6.92 Å². The Labute approximate surface area is 160 Å². The summed E-state index contributed by atoms with van der Waals surface area (Å²) >= 11 is 2.06. The summed E-state index contributed by atoms with van der Waals surface area (Å²) in [6.45, 7) is 6.94. The van der Waals surface area contributed by atoms with E-state index in [9.17, 15) is 0 Å². The Morgan fingerprint density at radius 1 is 1.35 bits per heavy atom. The first-order valence-corrected chi connectivity index (χ1v) is 10.2. The lowest BCUT2D eigenvalue weighted by molar-refractivity contribution is 0.584. The molecule has 0 bridgehead atoms. The molecule has 2 N–H and O–H groups in total. The van der Waals surface area contributed by atoms with Gasteiger partial charge in [0.2, 0.25) is 0 Å². The number of aryl methyl sites for hydroxylation is 1. The van der Waals surface area contributed by atoms with Gasteiger partial charge in [0, 0.05) is 43.8 Å². The Morgan fingerprint density at radius 2 is 2.19 bits per heavy atom. The van der Waals surface area contributed by atoms with Crippen molar-refractivity contribution in [3.8, 4) is 0 Å². The summed E-state index contributed by atoms with van der Waals surface area (Å²) < 4.78 is 2.49. The molecule has 3 rings (SSSR count). The fraction of sp³-hybridized carbons (Fsp3) is 0.500. The van der Waals surface area contributed by atoms with Crippen LogP contribution in [0.1, 0.15) is 36.7 Å². The van der Waals surface area contributed by atoms with E-state index in [4.69, 9.17) is 0 Å². The Morgan fingerprint density at radius 3 is 2.88 bits per heavy atom. The van der Waals surface area contributed by atoms with Crippen molar-refractivity contribution in [2.45, 2.75) is 44.5 Å². The van der Waals surface area contributed by atoms with E-state index in [2.05, 4.69) is 68.1 Å². The first-order chi connectivity index (χ1) is 12.6.